The first-order valence-corrected chi connectivity index (χ1v) is 7.13. The van der Waals surface area contributed by atoms with E-state index in [2.05, 4.69) is 18.7 Å². The largest absolute Gasteiger partial charge is 0.368 e. The number of alkyl halides is 2. The van der Waals surface area contributed by atoms with Crippen molar-refractivity contribution in [1.29, 1.82) is 0 Å². The Morgan fingerprint density at radius 3 is 2.79 bits per heavy atom. The zero-order chi connectivity index (χ0) is 14.0. The standard InChI is InChI=1S/C14H23F2NO2/c1-10(2)17-5-6-19-13(9-17)12(18)7-11-3-4-14(15,16)8-11/h10-11,13H,3-9H2,1-2H3. The van der Waals surface area contributed by atoms with Crippen molar-refractivity contribution in [3.63, 3.8) is 0 Å². The SMILES string of the molecule is CC(C)N1CCOC(C(=O)CC2CCC(F)(F)C2)C1. The molecule has 2 atom stereocenters. The van der Waals surface area contributed by atoms with Gasteiger partial charge in [-0.05, 0) is 26.2 Å². The fraction of sp³-hybridized carbons (Fsp3) is 0.929. The van der Waals surface area contributed by atoms with E-state index >= 15 is 0 Å². The van der Waals surface area contributed by atoms with Crippen LogP contribution in [0, 0.1) is 5.92 Å². The monoisotopic (exact) mass is 275 g/mol. The van der Waals surface area contributed by atoms with Gasteiger partial charge in [0.25, 0.3) is 0 Å². The third-order valence-electron chi connectivity index (χ3n) is 4.18. The van der Waals surface area contributed by atoms with E-state index in [1.807, 2.05) is 0 Å². The third-order valence-corrected chi connectivity index (χ3v) is 4.18. The second kappa shape index (κ2) is 5.83. The maximum atomic E-state index is 13.1. The fourth-order valence-corrected chi connectivity index (χ4v) is 2.96. The van der Waals surface area contributed by atoms with Crippen LogP contribution in [-0.2, 0) is 9.53 Å². The van der Waals surface area contributed by atoms with Crippen LogP contribution < -0.4 is 0 Å². The molecule has 0 N–H and O–H groups in total. The van der Waals surface area contributed by atoms with Crippen LogP contribution in [0.25, 0.3) is 0 Å². The summed E-state index contributed by atoms with van der Waals surface area (Å²) >= 11 is 0. The van der Waals surface area contributed by atoms with Crippen LogP contribution in [0.4, 0.5) is 8.78 Å². The summed E-state index contributed by atoms with van der Waals surface area (Å²) in [6, 6.07) is 0.384. The first-order valence-electron chi connectivity index (χ1n) is 7.13. The number of rotatable bonds is 4. The number of Topliss-reactive ketones (excluding diaryl/α,β-unsaturated/α-hetero) is 1. The van der Waals surface area contributed by atoms with Gasteiger partial charge < -0.3 is 4.74 Å². The molecule has 0 aromatic carbocycles. The van der Waals surface area contributed by atoms with Gasteiger partial charge in [0.2, 0.25) is 5.92 Å². The minimum atomic E-state index is -2.57. The van der Waals surface area contributed by atoms with E-state index in [1.54, 1.807) is 0 Å². The Labute approximate surface area is 113 Å². The molecule has 1 aliphatic carbocycles. The molecule has 3 nitrogen and oxygen atoms in total. The number of carbonyl (C=O) groups excluding carboxylic acids is 1. The van der Waals surface area contributed by atoms with E-state index in [0.29, 0.717) is 25.6 Å². The second-order valence-electron chi connectivity index (χ2n) is 6.08. The molecule has 1 heterocycles. The van der Waals surface area contributed by atoms with Crippen molar-refractivity contribution >= 4 is 5.78 Å². The maximum Gasteiger partial charge on any atom is 0.248 e. The average molecular weight is 275 g/mol. The summed E-state index contributed by atoms with van der Waals surface area (Å²) < 4.78 is 31.7. The molecule has 5 heteroatoms. The molecule has 1 aliphatic heterocycles. The predicted octanol–water partition coefficient (Wildman–Crippen LogP) is 2.49. The van der Waals surface area contributed by atoms with Crippen molar-refractivity contribution in [2.24, 2.45) is 5.92 Å². The molecule has 0 aromatic rings. The Morgan fingerprint density at radius 1 is 1.47 bits per heavy atom. The van der Waals surface area contributed by atoms with E-state index in [0.717, 1.165) is 6.54 Å². The molecule has 0 amide bonds. The Bertz CT molecular complexity index is 333. The molecule has 1 saturated carbocycles. The van der Waals surface area contributed by atoms with Crippen molar-refractivity contribution in [3.8, 4) is 0 Å². The highest BCUT2D eigenvalue weighted by atomic mass is 19.3. The van der Waals surface area contributed by atoms with Gasteiger partial charge in [0, 0.05) is 38.4 Å². The lowest BCUT2D eigenvalue weighted by Crippen LogP contribution is -2.48. The molecular weight excluding hydrogens is 252 g/mol. The zero-order valence-electron chi connectivity index (χ0n) is 11.7. The minimum absolute atomic E-state index is 0.00644. The number of nitrogens with zero attached hydrogens (tertiary/aromatic N) is 1. The van der Waals surface area contributed by atoms with Crippen molar-refractivity contribution < 1.29 is 18.3 Å². The molecule has 1 saturated heterocycles. The highest BCUT2D eigenvalue weighted by Crippen LogP contribution is 2.40. The van der Waals surface area contributed by atoms with E-state index in [4.69, 9.17) is 4.74 Å². The van der Waals surface area contributed by atoms with Crippen molar-refractivity contribution in [2.45, 2.75) is 57.6 Å². The highest BCUT2D eigenvalue weighted by molar-refractivity contribution is 5.83. The summed E-state index contributed by atoms with van der Waals surface area (Å²) in [5.74, 6) is -2.74. The predicted molar refractivity (Wildman–Crippen MR) is 68.4 cm³/mol. The number of carbonyl (C=O) groups is 1. The minimum Gasteiger partial charge on any atom is -0.368 e. The van der Waals surface area contributed by atoms with Crippen LogP contribution in [0.1, 0.15) is 39.5 Å². The van der Waals surface area contributed by atoms with Crippen molar-refractivity contribution in [3.05, 3.63) is 0 Å². The Kier molecular flexibility index (Phi) is 4.56. The first kappa shape index (κ1) is 14.9. The first-order chi connectivity index (χ1) is 8.87. The molecule has 0 aromatic heterocycles. The van der Waals surface area contributed by atoms with Gasteiger partial charge in [0.1, 0.15) is 6.10 Å². The number of ether oxygens (including phenoxy) is 1. The van der Waals surface area contributed by atoms with Crippen molar-refractivity contribution in [1.82, 2.24) is 4.90 Å². The number of hydrogen-bond acceptors (Lipinski definition) is 3. The van der Waals surface area contributed by atoms with E-state index in [9.17, 15) is 13.6 Å². The molecular formula is C14H23F2NO2. The van der Waals surface area contributed by atoms with Gasteiger partial charge in [0.15, 0.2) is 5.78 Å². The average Bonchev–Trinajstić information content (AvgIpc) is 2.68. The summed E-state index contributed by atoms with van der Waals surface area (Å²) in [6.45, 7) is 6.16. The molecule has 110 valence electrons. The molecule has 2 rings (SSSR count). The quantitative estimate of drug-likeness (QED) is 0.789. The van der Waals surface area contributed by atoms with Gasteiger partial charge in [-0.3, -0.25) is 9.69 Å². The Hall–Kier alpha value is -0.550. The maximum absolute atomic E-state index is 13.1. The summed E-state index contributed by atoms with van der Waals surface area (Å²) in [5.41, 5.74) is 0. The molecule has 2 aliphatic rings. The molecule has 2 fully saturated rings. The molecule has 19 heavy (non-hydrogen) atoms. The van der Waals surface area contributed by atoms with Gasteiger partial charge >= 0.3 is 0 Å². The molecule has 2 unspecified atom stereocenters. The number of halogens is 2. The second-order valence-corrected chi connectivity index (χ2v) is 6.08. The number of ketones is 1. The Balaban J connectivity index is 1.83. The van der Waals surface area contributed by atoms with E-state index in [-0.39, 0.29) is 31.0 Å². The summed E-state index contributed by atoms with van der Waals surface area (Å²) in [4.78, 5) is 14.3. The highest BCUT2D eigenvalue weighted by Gasteiger charge is 2.41. The van der Waals surface area contributed by atoms with Gasteiger partial charge in [-0.15, -0.1) is 0 Å². The third kappa shape index (κ3) is 3.96. The van der Waals surface area contributed by atoms with Crippen LogP contribution in [0.2, 0.25) is 0 Å². The van der Waals surface area contributed by atoms with Crippen LogP contribution in [0.3, 0.4) is 0 Å². The van der Waals surface area contributed by atoms with Crippen LogP contribution >= 0.6 is 0 Å². The van der Waals surface area contributed by atoms with E-state index < -0.39 is 12.0 Å². The normalized spacial score (nSPS) is 31.8. The number of morpholine rings is 1. The lowest BCUT2D eigenvalue weighted by Gasteiger charge is -2.35. The Morgan fingerprint density at radius 2 is 2.21 bits per heavy atom. The zero-order valence-corrected chi connectivity index (χ0v) is 11.7. The van der Waals surface area contributed by atoms with Gasteiger partial charge in [-0.2, -0.15) is 0 Å². The van der Waals surface area contributed by atoms with Crippen molar-refractivity contribution in [2.75, 3.05) is 19.7 Å². The summed E-state index contributed by atoms with van der Waals surface area (Å²) in [5, 5.41) is 0. The van der Waals surface area contributed by atoms with Gasteiger partial charge in [-0.25, -0.2) is 8.78 Å². The van der Waals surface area contributed by atoms with E-state index in [1.165, 1.54) is 0 Å². The molecule has 0 spiro atoms. The van der Waals surface area contributed by atoms with Crippen LogP contribution in [-0.4, -0.2) is 48.4 Å². The summed E-state index contributed by atoms with van der Waals surface area (Å²) in [6.07, 6.45) is 0.0600. The molecule has 0 bridgehead atoms. The number of hydrogen-bond donors (Lipinski definition) is 0. The summed E-state index contributed by atoms with van der Waals surface area (Å²) in [7, 11) is 0. The van der Waals surface area contributed by atoms with Gasteiger partial charge in [0.05, 0.1) is 6.61 Å². The smallest absolute Gasteiger partial charge is 0.248 e. The lowest BCUT2D eigenvalue weighted by molar-refractivity contribution is -0.138. The molecule has 0 radical (unpaired) electrons. The topological polar surface area (TPSA) is 29.5 Å². The van der Waals surface area contributed by atoms with Crippen LogP contribution in [0.15, 0.2) is 0 Å². The fourth-order valence-electron chi connectivity index (χ4n) is 2.96. The van der Waals surface area contributed by atoms with Gasteiger partial charge in [-0.1, -0.05) is 0 Å². The lowest BCUT2D eigenvalue weighted by atomic mass is 9.97. The van der Waals surface area contributed by atoms with Crippen LogP contribution in [0.5, 0.6) is 0 Å².